The van der Waals surface area contributed by atoms with Crippen LogP contribution in [0.3, 0.4) is 0 Å². The number of hydrogen-bond acceptors (Lipinski definition) is 6. The minimum absolute atomic E-state index is 0. The first-order chi connectivity index (χ1) is 14.3. The molecule has 0 spiro atoms. The summed E-state index contributed by atoms with van der Waals surface area (Å²) in [6.07, 6.45) is 0. The number of anilines is 2. The Kier molecular flexibility index (Phi) is 11.1. The van der Waals surface area contributed by atoms with Crippen molar-refractivity contribution in [1.82, 2.24) is 0 Å². The fourth-order valence-corrected chi connectivity index (χ4v) is 3.13. The van der Waals surface area contributed by atoms with Crippen LogP contribution in [0.1, 0.15) is 5.56 Å². The number of rotatable bonds is 6. The van der Waals surface area contributed by atoms with Gasteiger partial charge < -0.3 is 27.6 Å². The van der Waals surface area contributed by atoms with Gasteiger partial charge >= 0.3 is 0 Å². The third kappa shape index (κ3) is 8.24. The molecule has 0 aliphatic rings. The average molecular weight is 511 g/mol. The number of nitrogens with one attached hydrogen (secondary N) is 2. The molecule has 3 rings (SSSR count). The third-order valence-electron chi connectivity index (χ3n) is 4.11. The number of carbonyl (C=O) groups is 1. The Morgan fingerprint density at radius 3 is 2.42 bits per heavy atom. The van der Waals surface area contributed by atoms with Crippen molar-refractivity contribution in [2.75, 3.05) is 16.9 Å². The van der Waals surface area contributed by atoms with E-state index >= 15 is 0 Å². The molecule has 159 valence electrons. The van der Waals surface area contributed by atoms with E-state index in [2.05, 4.69) is 17.0 Å². The zero-order valence-electron chi connectivity index (χ0n) is 17.1. The van der Waals surface area contributed by atoms with Crippen LogP contribution in [0.4, 0.5) is 11.4 Å². The predicted molar refractivity (Wildman–Crippen MR) is 127 cm³/mol. The molecule has 0 saturated carbocycles. The summed E-state index contributed by atoms with van der Waals surface area (Å²) >= 11 is 1.14. The number of carbonyl (C=O) groups excluding carboxylic acids is 1. The molecule has 3 aromatic carbocycles. The van der Waals surface area contributed by atoms with Gasteiger partial charge in [-0.1, -0.05) is 41.4 Å². The summed E-state index contributed by atoms with van der Waals surface area (Å²) in [5.74, 6) is -0.0879. The number of nitrogens with two attached hydrogens (primary N) is 2. The molecule has 1 radical (unpaired) electrons. The maximum absolute atomic E-state index is 11.0. The van der Waals surface area contributed by atoms with Gasteiger partial charge in [-0.05, 0) is 48.2 Å². The van der Waals surface area contributed by atoms with Gasteiger partial charge in [-0.2, -0.15) is 0 Å². The van der Waals surface area contributed by atoms with Crippen molar-refractivity contribution in [3.8, 4) is 5.75 Å². The van der Waals surface area contributed by atoms with Crippen molar-refractivity contribution in [2.45, 2.75) is 6.92 Å². The number of aryl methyl sites for hydroxylation is 1. The quantitative estimate of drug-likeness (QED) is 0.166. The van der Waals surface area contributed by atoms with Crippen molar-refractivity contribution >= 4 is 46.5 Å². The molecule has 0 heterocycles. The van der Waals surface area contributed by atoms with E-state index in [1.54, 1.807) is 12.1 Å². The Hall–Kier alpha value is -2.55. The van der Waals surface area contributed by atoms with Gasteiger partial charge in [0.1, 0.15) is 11.4 Å². The van der Waals surface area contributed by atoms with Gasteiger partial charge in [0, 0.05) is 50.2 Å². The molecule has 7 nitrogen and oxygen atoms in total. The summed E-state index contributed by atoms with van der Waals surface area (Å²) < 4.78 is 0. The van der Waals surface area contributed by atoms with Gasteiger partial charge in [0.2, 0.25) is 0 Å². The van der Waals surface area contributed by atoms with Crippen LogP contribution in [0.15, 0.2) is 76.4 Å². The second kappa shape index (κ2) is 13.0. The number of aliphatic imine (C=N–C) groups is 1. The predicted octanol–water partition coefficient (Wildman–Crippen LogP) is 4.63. The van der Waals surface area contributed by atoms with Crippen molar-refractivity contribution < 1.29 is 42.6 Å². The Labute approximate surface area is 211 Å². The number of fused-ring (bicyclic) bond motifs is 1. The number of aromatic hydroxyl groups is 1. The minimum atomic E-state index is -0.742. The van der Waals surface area contributed by atoms with E-state index in [1.165, 1.54) is 11.5 Å². The van der Waals surface area contributed by atoms with Crippen molar-refractivity contribution in [1.29, 1.82) is 0 Å². The molecule has 0 saturated heterocycles. The fourth-order valence-electron chi connectivity index (χ4n) is 2.45. The van der Waals surface area contributed by atoms with Crippen LogP contribution >= 0.6 is 11.8 Å². The SMILES string of the molecule is C=N/C(C(N)=O)=C(/[NH-])SCNc1ccc2ccccc2c1.Cc1ccc(O)cc1N.[Y]. The molecule has 0 bridgehead atoms. The normalized spacial score (nSPS) is 10.7. The molecule has 0 fully saturated rings. The topological polar surface area (TPSA) is 138 Å². The number of benzene rings is 3. The number of phenolic OH excluding ortho intramolecular Hbond substituents is 1. The summed E-state index contributed by atoms with van der Waals surface area (Å²) in [7, 11) is 0. The number of primary amides is 1. The van der Waals surface area contributed by atoms with E-state index in [-0.39, 0.29) is 49.2 Å². The molecule has 0 aliphatic heterocycles. The second-order valence-electron chi connectivity index (χ2n) is 6.27. The van der Waals surface area contributed by atoms with Gasteiger partial charge in [0.25, 0.3) is 5.91 Å². The van der Waals surface area contributed by atoms with Gasteiger partial charge in [0.15, 0.2) is 0 Å². The zero-order valence-corrected chi connectivity index (χ0v) is 20.8. The van der Waals surface area contributed by atoms with Gasteiger partial charge in [-0.15, -0.1) is 11.8 Å². The van der Waals surface area contributed by atoms with Crippen molar-refractivity contribution in [2.24, 2.45) is 10.7 Å². The molecular formula is C22H24N5O2SY-. The maximum atomic E-state index is 11.0. The number of thioether (sulfide) groups is 1. The standard InChI is InChI=1S/C15H16N4OS.C7H9NO.Y/c1-18-13(14(16)20)15(17)21-9-19-12-7-6-10-4-2-3-5-11(10)8-12;1-5-2-3-6(9)4-7(5)8;/h2-8,19H,1,9H2,(H4,16,17,20);2-4,9H,8H2,1H3;/p-1. The van der Waals surface area contributed by atoms with Gasteiger partial charge in [-0.25, -0.2) is 0 Å². The van der Waals surface area contributed by atoms with E-state index in [1.807, 2.05) is 49.4 Å². The number of amides is 1. The summed E-state index contributed by atoms with van der Waals surface area (Å²) in [5, 5.41) is 14.4. The van der Waals surface area contributed by atoms with E-state index < -0.39 is 5.91 Å². The van der Waals surface area contributed by atoms with Gasteiger partial charge in [-0.3, -0.25) is 9.79 Å². The molecule has 0 aromatic heterocycles. The molecule has 3 aromatic rings. The summed E-state index contributed by atoms with van der Waals surface area (Å²) in [6.45, 7) is 5.14. The van der Waals surface area contributed by atoms with Crippen LogP contribution < -0.4 is 16.8 Å². The summed E-state index contributed by atoms with van der Waals surface area (Å²) in [5.41, 5.74) is 20.8. The van der Waals surface area contributed by atoms with Crippen LogP contribution in [-0.4, -0.2) is 23.6 Å². The maximum Gasteiger partial charge on any atom is 0.266 e. The van der Waals surface area contributed by atoms with Crippen LogP contribution in [0.2, 0.25) is 0 Å². The Balaban J connectivity index is 0.000000404. The Bertz CT molecular complexity index is 1090. The number of nitrogen functional groups attached to an aromatic ring is 1. The average Bonchev–Trinajstić information content (AvgIpc) is 2.71. The Morgan fingerprint density at radius 2 is 1.84 bits per heavy atom. The van der Waals surface area contributed by atoms with Crippen LogP contribution in [0.5, 0.6) is 5.75 Å². The largest absolute Gasteiger partial charge is 0.691 e. The fraction of sp³-hybridized carbons (Fsp3) is 0.0909. The van der Waals surface area contributed by atoms with Crippen LogP contribution in [-0.2, 0) is 37.5 Å². The second-order valence-corrected chi connectivity index (χ2v) is 7.25. The molecule has 0 atom stereocenters. The van der Waals surface area contributed by atoms with Crippen LogP contribution in [0, 0.1) is 6.92 Å². The molecule has 9 heteroatoms. The number of phenols is 1. The zero-order chi connectivity index (χ0) is 22.1. The summed E-state index contributed by atoms with van der Waals surface area (Å²) in [4.78, 5) is 14.5. The van der Waals surface area contributed by atoms with E-state index in [9.17, 15) is 4.79 Å². The smallest absolute Gasteiger partial charge is 0.266 e. The third-order valence-corrected chi connectivity index (χ3v) is 4.88. The molecule has 0 aliphatic carbocycles. The molecule has 31 heavy (non-hydrogen) atoms. The van der Waals surface area contributed by atoms with Crippen molar-refractivity contribution in [3.05, 3.63) is 82.7 Å². The van der Waals surface area contributed by atoms with E-state index in [0.717, 1.165) is 28.4 Å². The van der Waals surface area contributed by atoms with E-state index in [0.29, 0.717) is 11.6 Å². The van der Waals surface area contributed by atoms with Crippen molar-refractivity contribution in [3.63, 3.8) is 0 Å². The number of hydrogen-bond donors (Lipinski definition) is 4. The summed E-state index contributed by atoms with van der Waals surface area (Å²) in [6, 6.07) is 19.0. The minimum Gasteiger partial charge on any atom is -0.691 e. The van der Waals surface area contributed by atoms with Crippen LogP contribution in [0.25, 0.3) is 16.5 Å². The molecule has 7 N–H and O–H groups in total. The van der Waals surface area contributed by atoms with Gasteiger partial charge in [0.05, 0.1) is 5.88 Å². The first-order valence-corrected chi connectivity index (χ1v) is 9.93. The first kappa shape index (κ1) is 26.5. The molecule has 0 unspecified atom stereocenters. The molecular weight excluding hydrogens is 487 g/mol. The molecule has 1 amide bonds. The monoisotopic (exact) mass is 511 g/mol. The number of nitrogens with zero attached hydrogens (tertiary/aromatic N) is 1. The van der Waals surface area contributed by atoms with E-state index in [4.69, 9.17) is 22.3 Å². The first-order valence-electron chi connectivity index (χ1n) is 8.94. The Morgan fingerprint density at radius 1 is 1.16 bits per heavy atom.